The zero-order chi connectivity index (χ0) is 11.4. The van der Waals surface area contributed by atoms with Crippen LogP contribution in [-0.2, 0) is 6.54 Å². The van der Waals surface area contributed by atoms with E-state index < -0.39 is 4.92 Å². The van der Waals surface area contributed by atoms with Crippen LogP contribution in [0.2, 0.25) is 0 Å². The van der Waals surface area contributed by atoms with E-state index >= 15 is 0 Å². The minimum Gasteiger partial charge on any atom is -0.374 e. The molecule has 0 aliphatic heterocycles. The molecule has 0 radical (unpaired) electrons. The van der Waals surface area contributed by atoms with E-state index in [1.54, 1.807) is 17.8 Å². The van der Waals surface area contributed by atoms with Crippen LogP contribution in [0.5, 0.6) is 0 Å². The fraction of sp³-hybridized carbons (Fsp3) is 0.111. The van der Waals surface area contributed by atoms with Gasteiger partial charge in [0.15, 0.2) is 0 Å². The van der Waals surface area contributed by atoms with Crippen molar-refractivity contribution in [1.29, 1.82) is 0 Å². The fourth-order valence-electron chi connectivity index (χ4n) is 1.19. The number of rotatable bonds is 4. The normalized spacial score (nSPS) is 10.0. The van der Waals surface area contributed by atoms with Gasteiger partial charge in [-0.3, -0.25) is 20.1 Å². The smallest absolute Gasteiger partial charge is 0.310 e. The molecule has 82 valence electrons. The lowest BCUT2D eigenvalue weighted by Gasteiger charge is -2.04. The Bertz CT molecular complexity index is 486. The van der Waals surface area contributed by atoms with Crippen molar-refractivity contribution < 1.29 is 4.92 Å². The van der Waals surface area contributed by atoms with Crippen molar-refractivity contribution in [3.63, 3.8) is 0 Å². The first-order valence-electron chi connectivity index (χ1n) is 4.47. The second kappa shape index (κ2) is 4.67. The molecule has 0 saturated heterocycles. The maximum absolute atomic E-state index is 10.7. The third-order valence-electron chi connectivity index (χ3n) is 1.93. The van der Waals surface area contributed by atoms with Gasteiger partial charge in [0, 0.05) is 17.3 Å². The van der Waals surface area contributed by atoms with Crippen molar-refractivity contribution in [1.82, 2.24) is 9.97 Å². The van der Waals surface area contributed by atoms with E-state index in [0.29, 0.717) is 12.2 Å². The molecule has 0 aromatic carbocycles. The number of anilines is 1. The van der Waals surface area contributed by atoms with E-state index in [1.165, 1.54) is 23.7 Å². The average molecular weight is 236 g/mol. The van der Waals surface area contributed by atoms with Crippen LogP contribution in [-0.4, -0.2) is 14.9 Å². The number of hydrogen-bond acceptors (Lipinski definition) is 6. The van der Waals surface area contributed by atoms with E-state index in [1.807, 2.05) is 0 Å². The summed E-state index contributed by atoms with van der Waals surface area (Å²) < 4.78 is 0. The highest BCUT2D eigenvalue weighted by atomic mass is 32.1. The van der Waals surface area contributed by atoms with Crippen molar-refractivity contribution in [2.45, 2.75) is 6.54 Å². The van der Waals surface area contributed by atoms with E-state index in [0.717, 1.165) is 4.88 Å². The van der Waals surface area contributed by atoms with Crippen molar-refractivity contribution in [3.05, 3.63) is 45.2 Å². The van der Waals surface area contributed by atoms with Gasteiger partial charge >= 0.3 is 5.69 Å². The Labute approximate surface area is 95.1 Å². The van der Waals surface area contributed by atoms with Gasteiger partial charge in [-0.25, -0.2) is 0 Å². The molecule has 0 aliphatic rings. The lowest BCUT2D eigenvalue weighted by Crippen LogP contribution is -2.01. The Balaban J connectivity index is 2.12. The van der Waals surface area contributed by atoms with Crippen LogP contribution in [0.15, 0.2) is 30.2 Å². The molecule has 0 spiro atoms. The predicted octanol–water partition coefficient (Wildman–Crippen LogP) is 2.06. The van der Waals surface area contributed by atoms with Crippen LogP contribution in [0.25, 0.3) is 0 Å². The van der Waals surface area contributed by atoms with E-state index in [9.17, 15) is 10.1 Å². The summed E-state index contributed by atoms with van der Waals surface area (Å²) in [5.41, 5.74) is 2.17. The molecular weight excluding hydrogens is 228 g/mol. The number of hydrogen-bond donors (Lipinski definition) is 1. The lowest BCUT2D eigenvalue weighted by atomic mass is 10.3. The maximum atomic E-state index is 10.7. The van der Waals surface area contributed by atoms with Crippen LogP contribution in [0.4, 0.5) is 11.4 Å². The molecule has 0 fully saturated rings. The summed E-state index contributed by atoms with van der Waals surface area (Å²) in [5.74, 6) is 0. The molecule has 1 N–H and O–H groups in total. The minimum atomic E-state index is -0.456. The summed E-state index contributed by atoms with van der Waals surface area (Å²) in [7, 11) is 0. The van der Waals surface area contributed by atoms with E-state index in [-0.39, 0.29) is 5.69 Å². The highest BCUT2D eigenvalue weighted by molar-refractivity contribution is 7.09. The van der Waals surface area contributed by atoms with Crippen LogP contribution >= 0.6 is 11.3 Å². The van der Waals surface area contributed by atoms with Gasteiger partial charge in [-0.05, 0) is 6.07 Å². The Kier molecular flexibility index (Phi) is 3.06. The SMILES string of the molecule is O=[N+]([O-])c1cnccc1NCc1cncs1. The van der Waals surface area contributed by atoms with Crippen molar-refractivity contribution in [3.8, 4) is 0 Å². The third-order valence-corrected chi connectivity index (χ3v) is 2.71. The Morgan fingerprint density at radius 3 is 3.00 bits per heavy atom. The monoisotopic (exact) mass is 236 g/mol. The third kappa shape index (κ3) is 2.31. The topological polar surface area (TPSA) is 81.0 Å². The Hall–Kier alpha value is -2.02. The largest absolute Gasteiger partial charge is 0.374 e. The van der Waals surface area contributed by atoms with E-state index in [4.69, 9.17) is 0 Å². The first-order valence-corrected chi connectivity index (χ1v) is 5.35. The van der Waals surface area contributed by atoms with Crippen molar-refractivity contribution in [2.24, 2.45) is 0 Å². The molecule has 0 bridgehead atoms. The maximum Gasteiger partial charge on any atom is 0.310 e. The zero-order valence-corrected chi connectivity index (χ0v) is 8.98. The summed E-state index contributed by atoms with van der Waals surface area (Å²) in [5, 5.41) is 13.7. The summed E-state index contributed by atoms with van der Waals surface area (Å²) in [6.07, 6.45) is 4.47. The van der Waals surface area contributed by atoms with E-state index in [2.05, 4.69) is 15.3 Å². The quantitative estimate of drug-likeness (QED) is 0.649. The number of nitro groups is 1. The number of nitrogens with one attached hydrogen (secondary N) is 1. The predicted molar refractivity (Wildman–Crippen MR) is 60.3 cm³/mol. The lowest BCUT2D eigenvalue weighted by molar-refractivity contribution is -0.384. The first kappa shape index (κ1) is 10.5. The van der Waals surface area contributed by atoms with Crippen molar-refractivity contribution >= 4 is 22.7 Å². The number of nitrogens with zero attached hydrogens (tertiary/aromatic N) is 3. The average Bonchev–Trinajstić information content (AvgIpc) is 2.79. The Morgan fingerprint density at radius 2 is 2.31 bits per heavy atom. The summed E-state index contributed by atoms with van der Waals surface area (Å²) in [6.45, 7) is 0.523. The van der Waals surface area contributed by atoms with Gasteiger partial charge in [0.25, 0.3) is 0 Å². The molecule has 0 amide bonds. The fourth-order valence-corrected chi connectivity index (χ4v) is 1.73. The molecule has 0 saturated carbocycles. The standard InChI is InChI=1S/C9H8N4O2S/c14-13(15)9-5-10-2-1-8(9)12-4-7-3-11-6-16-7/h1-3,5-6H,4H2,(H,10,12). The molecule has 0 aliphatic carbocycles. The van der Waals surface area contributed by atoms with Gasteiger partial charge in [-0.15, -0.1) is 11.3 Å². The Morgan fingerprint density at radius 1 is 1.44 bits per heavy atom. The highest BCUT2D eigenvalue weighted by Crippen LogP contribution is 2.22. The minimum absolute atomic E-state index is 0.0213. The number of pyridine rings is 1. The molecule has 2 aromatic heterocycles. The van der Waals surface area contributed by atoms with Crippen LogP contribution in [0.1, 0.15) is 4.88 Å². The van der Waals surface area contributed by atoms with Crippen LogP contribution < -0.4 is 5.32 Å². The summed E-state index contributed by atoms with van der Waals surface area (Å²) >= 11 is 1.50. The summed E-state index contributed by atoms with van der Waals surface area (Å²) in [4.78, 5) is 18.9. The second-order valence-electron chi connectivity index (χ2n) is 2.97. The number of thiazole rings is 1. The second-order valence-corrected chi connectivity index (χ2v) is 3.94. The van der Waals surface area contributed by atoms with Crippen LogP contribution in [0.3, 0.4) is 0 Å². The highest BCUT2D eigenvalue weighted by Gasteiger charge is 2.12. The molecule has 6 nitrogen and oxygen atoms in total. The van der Waals surface area contributed by atoms with Gasteiger partial charge in [-0.1, -0.05) is 0 Å². The molecular formula is C9H8N4O2S. The first-order chi connectivity index (χ1) is 7.77. The molecule has 2 aromatic rings. The molecule has 2 rings (SSSR count). The van der Waals surface area contributed by atoms with Gasteiger partial charge in [0.1, 0.15) is 11.9 Å². The van der Waals surface area contributed by atoms with Gasteiger partial charge in [0.05, 0.1) is 17.0 Å². The summed E-state index contributed by atoms with van der Waals surface area (Å²) in [6, 6.07) is 1.58. The molecule has 0 atom stereocenters. The molecule has 0 unspecified atom stereocenters. The number of aromatic nitrogens is 2. The van der Waals surface area contributed by atoms with Crippen molar-refractivity contribution in [2.75, 3.05) is 5.32 Å². The van der Waals surface area contributed by atoms with Gasteiger partial charge in [0.2, 0.25) is 0 Å². The van der Waals surface area contributed by atoms with Gasteiger partial charge < -0.3 is 5.32 Å². The van der Waals surface area contributed by atoms with Gasteiger partial charge in [-0.2, -0.15) is 0 Å². The van der Waals surface area contributed by atoms with Crippen LogP contribution in [0, 0.1) is 10.1 Å². The zero-order valence-electron chi connectivity index (χ0n) is 8.16. The molecule has 7 heteroatoms. The molecule has 2 heterocycles. The molecule has 16 heavy (non-hydrogen) atoms.